The number of hydrogen-bond acceptors (Lipinski definition) is 5. The molecule has 5 heteroatoms. The minimum atomic E-state index is -0.571. The lowest BCUT2D eigenvalue weighted by Crippen LogP contribution is -2.40. The van der Waals surface area contributed by atoms with Crippen molar-refractivity contribution in [2.75, 3.05) is 14.7 Å². The van der Waals surface area contributed by atoms with Gasteiger partial charge in [0.1, 0.15) is 11.2 Å². The van der Waals surface area contributed by atoms with E-state index in [4.69, 9.17) is 4.42 Å². The lowest BCUT2D eigenvalue weighted by molar-refractivity contribution is 0.621. The molecular formula is C76H51N3OS. The molecule has 17 rings (SSSR count). The van der Waals surface area contributed by atoms with Gasteiger partial charge in [-0.25, -0.2) is 0 Å². The minimum absolute atomic E-state index is 0.215. The largest absolute Gasteiger partial charge is 0.456 e. The van der Waals surface area contributed by atoms with E-state index in [-0.39, 0.29) is 5.41 Å². The molecule has 0 radical (unpaired) electrons. The molecule has 2 aliphatic heterocycles. The van der Waals surface area contributed by atoms with Gasteiger partial charge in [0, 0.05) is 54.4 Å². The zero-order chi connectivity index (χ0) is 53.6. The van der Waals surface area contributed by atoms with Crippen LogP contribution >= 0.6 is 11.3 Å². The van der Waals surface area contributed by atoms with Gasteiger partial charge in [0.15, 0.2) is 0 Å². The van der Waals surface area contributed by atoms with Crippen LogP contribution in [0.15, 0.2) is 277 Å². The van der Waals surface area contributed by atoms with Crippen LogP contribution in [-0.2, 0) is 10.8 Å². The van der Waals surface area contributed by atoms with Crippen LogP contribution in [0.4, 0.5) is 51.2 Å². The number of anilines is 9. The van der Waals surface area contributed by atoms with E-state index in [2.05, 4.69) is 302 Å². The summed E-state index contributed by atoms with van der Waals surface area (Å²) in [7, 11) is 0. The second-order valence-electron chi connectivity index (χ2n) is 22.3. The molecular weight excluding hydrogens is 1000 g/mol. The summed E-state index contributed by atoms with van der Waals surface area (Å²) in [6.45, 7) is 4.80. The fraction of sp³-hybridized carbons (Fsp3) is 0.0526. The summed E-state index contributed by atoms with van der Waals surface area (Å²) in [5.74, 6) is 0. The van der Waals surface area contributed by atoms with E-state index in [1.165, 1.54) is 81.7 Å². The smallest absolute Gasteiger partial charge is 0.136 e. The van der Waals surface area contributed by atoms with Crippen molar-refractivity contribution >= 4 is 105 Å². The SMILES string of the molecule is CC1(C)c2ccccc2N2c3ccccc3C3(c4ccccc4-c4cc(N(c5ccccc5)c5cccc6c5sc5cc(-c7cccc8oc9ccccc9c78)cc(N(c7ccccc7)c7ccccc7)c56)ccc43)c3cccc1c32. The summed E-state index contributed by atoms with van der Waals surface area (Å²) in [5.41, 5.74) is 24.1. The number of furan rings is 1. The van der Waals surface area contributed by atoms with Gasteiger partial charge < -0.3 is 19.1 Å². The third-order valence-corrected chi connectivity index (χ3v) is 19.0. The monoisotopic (exact) mass is 1050 g/mol. The Labute approximate surface area is 474 Å². The zero-order valence-corrected chi connectivity index (χ0v) is 45.5. The highest BCUT2D eigenvalue weighted by Crippen LogP contribution is 2.67. The van der Waals surface area contributed by atoms with Crippen LogP contribution in [-0.4, -0.2) is 0 Å². The van der Waals surface area contributed by atoms with Crippen molar-refractivity contribution in [1.82, 2.24) is 0 Å². The first-order valence-electron chi connectivity index (χ1n) is 28.0. The molecule has 12 aromatic carbocycles. The van der Waals surface area contributed by atoms with Gasteiger partial charge in [0.2, 0.25) is 0 Å². The van der Waals surface area contributed by atoms with Gasteiger partial charge >= 0.3 is 0 Å². The summed E-state index contributed by atoms with van der Waals surface area (Å²) in [4.78, 5) is 7.50. The molecule has 0 N–H and O–H groups in total. The topological polar surface area (TPSA) is 22.9 Å². The first-order chi connectivity index (χ1) is 40.0. The average molecular weight is 1050 g/mol. The summed E-state index contributed by atoms with van der Waals surface area (Å²) in [5, 5.41) is 4.64. The van der Waals surface area contributed by atoms with Gasteiger partial charge in [0.25, 0.3) is 0 Å². The van der Waals surface area contributed by atoms with Gasteiger partial charge in [-0.3, -0.25) is 0 Å². The summed E-state index contributed by atoms with van der Waals surface area (Å²) in [6.07, 6.45) is 0. The predicted octanol–water partition coefficient (Wildman–Crippen LogP) is 21.3. The molecule has 1 aliphatic carbocycles. The van der Waals surface area contributed by atoms with Crippen molar-refractivity contribution < 1.29 is 4.42 Å². The maximum absolute atomic E-state index is 6.52. The van der Waals surface area contributed by atoms with E-state index in [1.807, 2.05) is 11.3 Å². The highest BCUT2D eigenvalue weighted by molar-refractivity contribution is 7.26. The standard InChI is InChI=1S/C76H51N3OS/c1-75(2)60-34-15-17-38-64(60)79-65-39-18-16-35-61(65)76(63-37-22-36-62(75)73(63)79)58-33-14-12-29-54(58)57-47-52(43-44-59(57)76)78(51-27-10-5-11-28-51)66-40-20-32-56-72-67(77(49-23-6-3-7-24-49)50-25-8-4-9-26-50)45-48(46-70(72)81-74(56)66)53-31-21-42-69-71(53)55-30-13-19-41-68(55)80-69/h3-47H,1-2H3. The number of thiophene rings is 1. The van der Waals surface area contributed by atoms with E-state index in [0.29, 0.717) is 0 Å². The Kier molecular flexibility index (Phi) is 9.82. The third-order valence-electron chi connectivity index (χ3n) is 17.8. The molecule has 0 bridgehead atoms. The van der Waals surface area contributed by atoms with Gasteiger partial charge in [-0.15, -0.1) is 11.3 Å². The second-order valence-corrected chi connectivity index (χ2v) is 23.4. The highest BCUT2D eigenvalue weighted by atomic mass is 32.1. The minimum Gasteiger partial charge on any atom is -0.456 e. The summed E-state index contributed by atoms with van der Waals surface area (Å²) < 4.78 is 8.93. The van der Waals surface area contributed by atoms with Crippen LogP contribution in [0.2, 0.25) is 0 Å². The van der Waals surface area contributed by atoms with E-state index >= 15 is 0 Å². The Hall–Kier alpha value is -9.94. The predicted molar refractivity (Wildman–Crippen MR) is 339 cm³/mol. The van der Waals surface area contributed by atoms with E-state index < -0.39 is 5.41 Å². The number of para-hydroxylation sites is 7. The number of hydrogen-bond donors (Lipinski definition) is 0. The quantitative estimate of drug-likeness (QED) is 0.159. The number of rotatable bonds is 7. The van der Waals surface area contributed by atoms with Crippen LogP contribution < -0.4 is 14.7 Å². The maximum Gasteiger partial charge on any atom is 0.136 e. The van der Waals surface area contributed by atoms with Crippen molar-refractivity contribution in [2.24, 2.45) is 0 Å². The van der Waals surface area contributed by atoms with Crippen molar-refractivity contribution in [2.45, 2.75) is 24.7 Å². The number of nitrogens with zero attached hydrogens (tertiary/aromatic N) is 3. The number of benzene rings is 12. The van der Waals surface area contributed by atoms with Gasteiger partial charge in [-0.1, -0.05) is 196 Å². The maximum atomic E-state index is 6.52. The number of fused-ring (bicyclic) bond motifs is 17. The van der Waals surface area contributed by atoms with Gasteiger partial charge in [0.05, 0.1) is 38.6 Å². The van der Waals surface area contributed by atoms with E-state index in [0.717, 1.165) is 67.2 Å². The van der Waals surface area contributed by atoms with E-state index in [1.54, 1.807) is 0 Å². The average Bonchev–Trinajstić information content (AvgIpc) is 2.86. The fourth-order valence-electron chi connectivity index (χ4n) is 14.4. The third kappa shape index (κ3) is 6.41. The summed E-state index contributed by atoms with van der Waals surface area (Å²) >= 11 is 1.87. The van der Waals surface area contributed by atoms with Crippen molar-refractivity contribution in [3.05, 3.63) is 306 Å². The van der Waals surface area contributed by atoms with Gasteiger partial charge in [-0.05, 0) is 147 Å². The van der Waals surface area contributed by atoms with Crippen LogP contribution in [0.5, 0.6) is 0 Å². The fourth-order valence-corrected chi connectivity index (χ4v) is 15.7. The lowest BCUT2D eigenvalue weighted by Gasteiger charge is -2.50. The second kappa shape index (κ2) is 17.3. The van der Waals surface area contributed by atoms with Crippen molar-refractivity contribution in [3.63, 3.8) is 0 Å². The highest BCUT2D eigenvalue weighted by Gasteiger charge is 2.54. The molecule has 4 nitrogen and oxygen atoms in total. The molecule has 382 valence electrons. The van der Waals surface area contributed by atoms with Gasteiger partial charge in [-0.2, -0.15) is 0 Å². The zero-order valence-electron chi connectivity index (χ0n) is 44.6. The molecule has 1 unspecified atom stereocenters. The van der Waals surface area contributed by atoms with Crippen molar-refractivity contribution in [1.29, 1.82) is 0 Å². The molecule has 0 fully saturated rings. The van der Waals surface area contributed by atoms with Crippen LogP contribution in [0.1, 0.15) is 47.2 Å². The first-order valence-corrected chi connectivity index (χ1v) is 28.8. The van der Waals surface area contributed by atoms with Crippen LogP contribution in [0.3, 0.4) is 0 Å². The Morgan fingerprint density at radius 2 is 0.914 bits per heavy atom. The first kappa shape index (κ1) is 46.0. The Morgan fingerprint density at radius 1 is 0.370 bits per heavy atom. The molecule has 1 spiro atoms. The van der Waals surface area contributed by atoms with Crippen molar-refractivity contribution in [3.8, 4) is 22.3 Å². The molecule has 0 saturated heterocycles. The molecule has 0 saturated carbocycles. The molecule has 4 heterocycles. The molecule has 81 heavy (non-hydrogen) atoms. The molecule has 0 amide bonds. The molecule has 14 aromatic rings. The summed E-state index contributed by atoms with van der Waals surface area (Å²) in [6, 6.07) is 101. The Balaban J connectivity index is 0.913. The molecule has 1 atom stereocenters. The van der Waals surface area contributed by atoms with E-state index in [9.17, 15) is 0 Å². The normalized spacial score (nSPS) is 15.2. The Morgan fingerprint density at radius 3 is 1.67 bits per heavy atom. The van der Waals surface area contributed by atoms with Crippen LogP contribution in [0.25, 0.3) is 64.4 Å². The van der Waals surface area contributed by atoms with Crippen LogP contribution in [0, 0.1) is 0 Å². The Bertz CT molecular complexity index is 4850. The molecule has 3 aliphatic rings. The molecule has 2 aromatic heterocycles. The lowest BCUT2D eigenvalue weighted by atomic mass is 9.61.